The van der Waals surface area contributed by atoms with E-state index in [1.165, 1.54) is 13.2 Å². The van der Waals surface area contributed by atoms with Crippen LogP contribution < -0.4 is 14.2 Å². The first kappa shape index (κ1) is 16.6. The predicted octanol–water partition coefficient (Wildman–Crippen LogP) is 3.40. The van der Waals surface area contributed by atoms with Gasteiger partial charge in [-0.15, -0.1) is 0 Å². The van der Waals surface area contributed by atoms with Crippen LogP contribution in [0.15, 0.2) is 41.6 Å². The summed E-state index contributed by atoms with van der Waals surface area (Å²) in [7, 11) is 4.55. The molecule has 0 aliphatic heterocycles. The number of hydrogen-bond donors (Lipinski definition) is 0. The average Bonchev–Trinajstić information content (AvgIpc) is 2.58. The van der Waals surface area contributed by atoms with Gasteiger partial charge in [0.1, 0.15) is 6.61 Å². The van der Waals surface area contributed by atoms with Gasteiger partial charge in [-0.1, -0.05) is 11.2 Å². The lowest BCUT2D eigenvalue weighted by Gasteiger charge is -2.07. The van der Waals surface area contributed by atoms with Crippen molar-refractivity contribution in [2.75, 3.05) is 21.3 Å². The lowest BCUT2D eigenvalue weighted by Crippen LogP contribution is -1.94. The van der Waals surface area contributed by atoms with E-state index in [2.05, 4.69) is 5.16 Å². The van der Waals surface area contributed by atoms with Gasteiger partial charge >= 0.3 is 0 Å². The molecule has 23 heavy (non-hydrogen) atoms. The fourth-order valence-corrected chi connectivity index (χ4v) is 1.94. The molecule has 0 aliphatic rings. The first-order chi connectivity index (χ1) is 11.2. The summed E-state index contributed by atoms with van der Waals surface area (Å²) in [6.07, 6.45) is 1.54. The Kier molecular flexibility index (Phi) is 5.80. The first-order valence-electron chi connectivity index (χ1n) is 6.87. The van der Waals surface area contributed by atoms with E-state index in [0.717, 1.165) is 5.56 Å². The quantitative estimate of drug-likeness (QED) is 0.580. The maximum absolute atomic E-state index is 13.5. The molecule has 0 spiro atoms. The predicted molar refractivity (Wildman–Crippen MR) is 84.9 cm³/mol. The minimum atomic E-state index is -0.433. The molecule has 0 N–H and O–H groups in total. The summed E-state index contributed by atoms with van der Waals surface area (Å²) in [6, 6.07) is 9.99. The molecule has 0 heterocycles. The van der Waals surface area contributed by atoms with Gasteiger partial charge in [-0.3, -0.25) is 0 Å². The average molecular weight is 319 g/mol. The van der Waals surface area contributed by atoms with Gasteiger partial charge in [0.2, 0.25) is 0 Å². The van der Waals surface area contributed by atoms with Gasteiger partial charge in [0.25, 0.3) is 0 Å². The molecule has 0 aliphatic carbocycles. The Balaban J connectivity index is 1.95. The summed E-state index contributed by atoms with van der Waals surface area (Å²) in [6.45, 7) is 0.157. The first-order valence-corrected chi connectivity index (χ1v) is 6.87. The molecule has 6 heteroatoms. The van der Waals surface area contributed by atoms with Crippen LogP contribution >= 0.6 is 0 Å². The fourth-order valence-electron chi connectivity index (χ4n) is 1.94. The summed E-state index contributed by atoms with van der Waals surface area (Å²) < 4.78 is 28.8. The van der Waals surface area contributed by atoms with E-state index >= 15 is 0 Å². The number of benzene rings is 2. The third-order valence-electron chi connectivity index (χ3n) is 3.13. The van der Waals surface area contributed by atoms with Gasteiger partial charge < -0.3 is 19.0 Å². The molecule has 0 bridgehead atoms. The van der Waals surface area contributed by atoms with Crippen molar-refractivity contribution in [1.82, 2.24) is 0 Å². The van der Waals surface area contributed by atoms with Crippen LogP contribution in [0.3, 0.4) is 0 Å². The summed E-state index contributed by atoms with van der Waals surface area (Å²) in [5.74, 6) is 1.01. The molecule has 2 rings (SSSR count). The van der Waals surface area contributed by atoms with Crippen molar-refractivity contribution in [3.8, 4) is 17.2 Å². The van der Waals surface area contributed by atoms with Crippen LogP contribution in [0, 0.1) is 5.82 Å². The number of methoxy groups -OCH3 is 3. The Bertz CT molecular complexity index is 688. The van der Waals surface area contributed by atoms with Crippen molar-refractivity contribution in [3.63, 3.8) is 0 Å². The third kappa shape index (κ3) is 4.35. The topological polar surface area (TPSA) is 49.3 Å². The normalized spacial score (nSPS) is 10.6. The minimum Gasteiger partial charge on any atom is -0.494 e. The van der Waals surface area contributed by atoms with Gasteiger partial charge in [-0.05, 0) is 35.9 Å². The van der Waals surface area contributed by atoms with Gasteiger partial charge in [0.05, 0.1) is 27.5 Å². The van der Waals surface area contributed by atoms with Gasteiger partial charge in [-0.2, -0.15) is 0 Å². The van der Waals surface area contributed by atoms with Crippen molar-refractivity contribution < 1.29 is 23.4 Å². The number of halogens is 1. The van der Waals surface area contributed by atoms with Crippen molar-refractivity contribution >= 4 is 6.21 Å². The maximum Gasteiger partial charge on any atom is 0.165 e. The van der Waals surface area contributed by atoms with E-state index in [9.17, 15) is 4.39 Å². The Labute approximate surface area is 134 Å². The Hall–Kier alpha value is -2.76. The fraction of sp³-hybridized carbons (Fsp3) is 0.235. The zero-order valence-corrected chi connectivity index (χ0v) is 13.2. The molecule has 0 amide bonds. The van der Waals surface area contributed by atoms with E-state index in [1.807, 2.05) is 6.07 Å². The molecule has 0 atom stereocenters. The Morgan fingerprint density at radius 3 is 2.26 bits per heavy atom. The van der Waals surface area contributed by atoms with Crippen LogP contribution in [-0.4, -0.2) is 27.5 Å². The Morgan fingerprint density at radius 1 is 0.913 bits per heavy atom. The minimum absolute atomic E-state index is 0.157. The SMILES string of the molecule is COc1ccc(CO/N=C/c2ccc(OC)c(OC)c2)cc1F. The van der Waals surface area contributed by atoms with E-state index in [-0.39, 0.29) is 12.4 Å². The number of oxime groups is 1. The molecule has 0 saturated heterocycles. The molecule has 0 aromatic heterocycles. The van der Waals surface area contributed by atoms with E-state index in [1.54, 1.807) is 44.7 Å². The van der Waals surface area contributed by atoms with Gasteiger partial charge in [-0.25, -0.2) is 4.39 Å². The van der Waals surface area contributed by atoms with E-state index in [0.29, 0.717) is 17.1 Å². The number of ether oxygens (including phenoxy) is 3. The summed E-state index contributed by atoms with van der Waals surface area (Å²) in [5.41, 5.74) is 1.45. The molecular weight excluding hydrogens is 301 g/mol. The zero-order valence-electron chi connectivity index (χ0n) is 13.2. The van der Waals surface area contributed by atoms with Crippen molar-refractivity contribution in [1.29, 1.82) is 0 Å². The molecule has 5 nitrogen and oxygen atoms in total. The summed E-state index contributed by atoms with van der Waals surface area (Å²) in [4.78, 5) is 5.17. The Morgan fingerprint density at radius 2 is 1.61 bits per heavy atom. The van der Waals surface area contributed by atoms with E-state index in [4.69, 9.17) is 19.0 Å². The highest BCUT2D eigenvalue weighted by Crippen LogP contribution is 2.26. The number of nitrogens with zero attached hydrogens (tertiary/aromatic N) is 1. The van der Waals surface area contributed by atoms with Crippen molar-refractivity contribution in [2.24, 2.45) is 5.16 Å². The molecule has 0 unspecified atom stereocenters. The van der Waals surface area contributed by atoms with Crippen molar-refractivity contribution in [2.45, 2.75) is 6.61 Å². The maximum atomic E-state index is 13.5. The third-order valence-corrected chi connectivity index (χ3v) is 3.13. The van der Waals surface area contributed by atoms with Gasteiger partial charge in [0.15, 0.2) is 23.1 Å². The standard InChI is InChI=1S/C17H18FNO4/c1-20-15-6-5-13(8-14(15)18)11-23-19-10-12-4-7-16(21-2)17(9-12)22-3/h4-10H,11H2,1-3H3/b19-10+. The molecule has 122 valence electrons. The second kappa shape index (κ2) is 8.03. The molecule has 0 saturated carbocycles. The molecule has 0 fully saturated rings. The van der Waals surface area contributed by atoms with Crippen LogP contribution in [0.1, 0.15) is 11.1 Å². The van der Waals surface area contributed by atoms with Crippen LogP contribution in [0.25, 0.3) is 0 Å². The van der Waals surface area contributed by atoms with E-state index < -0.39 is 5.82 Å². The number of rotatable bonds is 7. The van der Waals surface area contributed by atoms with Crippen LogP contribution in [0.4, 0.5) is 4.39 Å². The van der Waals surface area contributed by atoms with Crippen LogP contribution in [-0.2, 0) is 11.4 Å². The number of hydrogen-bond acceptors (Lipinski definition) is 5. The monoisotopic (exact) mass is 319 g/mol. The highest BCUT2D eigenvalue weighted by molar-refractivity contribution is 5.80. The molecule has 2 aromatic carbocycles. The smallest absolute Gasteiger partial charge is 0.165 e. The van der Waals surface area contributed by atoms with Crippen LogP contribution in [0.2, 0.25) is 0 Å². The highest BCUT2D eigenvalue weighted by atomic mass is 19.1. The zero-order chi connectivity index (χ0) is 16.7. The summed E-state index contributed by atoms with van der Waals surface area (Å²) >= 11 is 0. The largest absolute Gasteiger partial charge is 0.494 e. The van der Waals surface area contributed by atoms with Crippen molar-refractivity contribution in [3.05, 3.63) is 53.3 Å². The van der Waals surface area contributed by atoms with Crippen LogP contribution in [0.5, 0.6) is 17.2 Å². The summed E-state index contributed by atoms with van der Waals surface area (Å²) in [5, 5.41) is 3.86. The lowest BCUT2D eigenvalue weighted by atomic mass is 10.2. The molecular formula is C17H18FNO4. The second-order valence-corrected chi connectivity index (χ2v) is 4.59. The molecule has 2 aromatic rings. The lowest BCUT2D eigenvalue weighted by molar-refractivity contribution is 0.132. The highest BCUT2D eigenvalue weighted by Gasteiger charge is 2.04. The second-order valence-electron chi connectivity index (χ2n) is 4.59. The molecule has 0 radical (unpaired) electrons. The van der Waals surface area contributed by atoms with Gasteiger partial charge in [0, 0.05) is 5.56 Å².